The Labute approximate surface area is 216 Å². The number of pyridine rings is 1. The molecule has 1 unspecified atom stereocenters. The molecule has 2 aliphatic rings. The number of hydrogen-bond acceptors (Lipinski definition) is 7. The first-order chi connectivity index (χ1) is 18.0. The van der Waals surface area contributed by atoms with Gasteiger partial charge in [-0.25, -0.2) is 9.78 Å². The van der Waals surface area contributed by atoms with Gasteiger partial charge in [-0.3, -0.25) is 4.79 Å². The highest BCUT2D eigenvalue weighted by molar-refractivity contribution is 5.94. The zero-order valence-corrected chi connectivity index (χ0v) is 21.0. The van der Waals surface area contributed by atoms with E-state index in [9.17, 15) is 9.59 Å². The van der Waals surface area contributed by atoms with Crippen LogP contribution in [0.5, 0.6) is 11.5 Å². The average molecular weight is 502 g/mol. The Hall–Kier alpha value is -3.91. The summed E-state index contributed by atoms with van der Waals surface area (Å²) in [4.78, 5) is 30.5. The number of carbonyl (C=O) groups excluding carboxylic acids is 2. The molecule has 8 nitrogen and oxygen atoms in total. The number of nitrogens with zero attached hydrogens (tertiary/aromatic N) is 1. The molecule has 0 spiro atoms. The normalized spacial score (nSPS) is 24.3. The second-order valence-corrected chi connectivity index (χ2v) is 9.42. The van der Waals surface area contributed by atoms with E-state index in [-0.39, 0.29) is 24.5 Å². The molecule has 1 saturated heterocycles. The number of methoxy groups -OCH3 is 1. The summed E-state index contributed by atoms with van der Waals surface area (Å²) < 4.78 is 17.1. The van der Waals surface area contributed by atoms with E-state index in [0.717, 1.165) is 22.2 Å². The van der Waals surface area contributed by atoms with Crippen LogP contribution >= 0.6 is 0 Å². The lowest BCUT2D eigenvalue weighted by atomic mass is 10.1. The van der Waals surface area contributed by atoms with Gasteiger partial charge in [0.15, 0.2) is 0 Å². The molecule has 2 fully saturated rings. The molecule has 4 atom stereocenters. The Morgan fingerprint density at radius 2 is 2.03 bits per heavy atom. The lowest BCUT2D eigenvalue weighted by Gasteiger charge is -2.20. The van der Waals surface area contributed by atoms with Gasteiger partial charge in [-0.15, -0.1) is 6.58 Å². The van der Waals surface area contributed by atoms with Gasteiger partial charge in [0.2, 0.25) is 5.91 Å². The molecule has 8 heteroatoms. The Morgan fingerprint density at radius 3 is 2.73 bits per heavy atom. The monoisotopic (exact) mass is 501 g/mol. The predicted molar refractivity (Wildman–Crippen MR) is 140 cm³/mol. The third-order valence-electron chi connectivity index (χ3n) is 7.03. The van der Waals surface area contributed by atoms with Gasteiger partial charge in [-0.1, -0.05) is 36.4 Å². The zero-order valence-electron chi connectivity index (χ0n) is 21.0. The number of ether oxygens (including phenoxy) is 3. The van der Waals surface area contributed by atoms with Crippen LogP contribution in [-0.4, -0.2) is 54.8 Å². The topological polar surface area (TPSA) is 98.8 Å². The maximum atomic E-state index is 13.1. The molecule has 2 heterocycles. The van der Waals surface area contributed by atoms with Gasteiger partial charge in [0, 0.05) is 42.0 Å². The summed E-state index contributed by atoms with van der Waals surface area (Å²) in [5.41, 5.74) is 1.51. The number of esters is 1. The smallest absolute Gasteiger partial charge is 0.332 e. The highest BCUT2D eigenvalue weighted by Gasteiger charge is 2.61. The van der Waals surface area contributed by atoms with Crippen molar-refractivity contribution in [1.82, 2.24) is 15.6 Å². The summed E-state index contributed by atoms with van der Waals surface area (Å²) in [5, 5.41) is 7.03. The summed E-state index contributed by atoms with van der Waals surface area (Å²) in [6.07, 6.45) is 2.42. The van der Waals surface area contributed by atoms with Crippen LogP contribution in [0.3, 0.4) is 0 Å². The van der Waals surface area contributed by atoms with Gasteiger partial charge in [-0.05, 0) is 25.5 Å². The summed E-state index contributed by atoms with van der Waals surface area (Å²) in [6, 6.07) is 17.1. The summed E-state index contributed by atoms with van der Waals surface area (Å²) >= 11 is 0. The maximum absolute atomic E-state index is 13.1. The second-order valence-electron chi connectivity index (χ2n) is 9.42. The van der Waals surface area contributed by atoms with E-state index in [1.807, 2.05) is 54.6 Å². The van der Waals surface area contributed by atoms with E-state index < -0.39 is 17.6 Å². The van der Waals surface area contributed by atoms with Crippen LogP contribution in [0.2, 0.25) is 0 Å². The minimum atomic E-state index is -1.01. The van der Waals surface area contributed by atoms with Crippen molar-refractivity contribution < 1.29 is 23.8 Å². The van der Waals surface area contributed by atoms with Crippen LogP contribution in [0.4, 0.5) is 0 Å². The Morgan fingerprint density at radius 1 is 1.22 bits per heavy atom. The van der Waals surface area contributed by atoms with Gasteiger partial charge >= 0.3 is 5.97 Å². The standard InChI is InChI=1S/C29H31N3O5/c1-4-19-16-29(19,28(34)36-5-2)32-27(33)25-14-21(17-30-25)37-26-15-23(18-9-7-6-8-10-18)31-24-13-20(35-3)11-12-22(24)26/h4,6-13,15,19,21,25,30H,1,5,14,16-17H2,2-3H3,(H,32,33)/t19?,21-,25+,29-/m1/s1. The van der Waals surface area contributed by atoms with E-state index in [1.54, 1.807) is 20.1 Å². The first kappa shape index (κ1) is 24.8. The average Bonchev–Trinajstić information content (AvgIpc) is 3.44. The molecule has 1 amide bonds. The van der Waals surface area contributed by atoms with Crippen molar-refractivity contribution in [2.45, 2.75) is 37.5 Å². The van der Waals surface area contributed by atoms with Gasteiger partial charge in [0.1, 0.15) is 23.1 Å². The molecule has 1 aliphatic heterocycles. The van der Waals surface area contributed by atoms with Crippen LogP contribution in [0.1, 0.15) is 19.8 Å². The summed E-state index contributed by atoms with van der Waals surface area (Å²) in [5.74, 6) is 0.629. The molecule has 5 rings (SSSR count). The molecule has 192 valence electrons. The SMILES string of the molecule is C=CC1C[C@]1(NC(=O)[C@@H]1C[C@@H](Oc2cc(-c3ccccc3)nc3cc(OC)ccc23)CN1)C(=O)OCC. The molecule has 2 N–H and O–H groups in total. The van der Waals surface area contributed by atoms with E-state index in [0.29, 0.717) is 30.9 Å². The Kier molecular flexibility index (Phi) is 6.84. The number of fused-ring (bicyclic) bond motifs is 1. The van der Waals surface area contributed by atoms with Gasteiger partial charge in [0.25, 0.3) is 0 Å². The van der Waals surface area contributed by atoms with Crippen LogP contribution in [0.25, 0.3) is 22.2 Å². The maximum Gasteiger partial charge on any atom is 0.332 e. The molecular weight excluding hydrogens is 470 g/mol. The van der Waals surface area contributed by atoms with Crippen molar-refractivity contribution >= 4 is 22.8 Å². The Balaban J connectivity index is 1.34. The number of rotatable bonds is 9. The van der Waals surface area contributed by atoms with Gasteiger partial charge < -0.3 is 24.8 Å². The van der Waals surface area contributed by atoms with Crippen LogP contribution in [0.15, 0.2) is 67.3 Å². The first-order valence-electron chi connectivity index (χ1n) is 12.5. The minimum Gasteiger partial charge on any atom is -0.497 e. The predicted octanol–water partition coefficient (Wildman–Crippen LogP) is 3.64. The number of carbonyl (C=O) groups is 2. The van der Waals surface area contributed by atoms with Crippen molar-refractivity contribution in [3.63, 3.8) is 0 Å². The second kappa shape index (κ2) is 10.2. The molecule has 1 aromatic heterocycles. The molecule has 2 aromatic carbocycles. The van der Waals surface area contributed by atoms with E-state index in [4.69, 9.17) is 19.2 Å². The van der Waals surface area contributed by atoms with Crippen molar-refractivity contribution in [3.05, 3.63) is 67.3 Å². The van der Waals surface area contributed by atoms with Gasteiger partial charge in [-0.2, -0.15) is 0 Å². The molecule has 0 bridgehead atoms. The summed E-state index contributed by atoms with van der Waals surface area (Å²) in [6.45, 7) is 6.29. The molecule has 0 radical (unpaired) electrons. The van der Waals surface area contributed by atoms with Crippen molar-refractivity contribution in [1.29, 1.82) is 0 Å². The molecule has 1 saturated carbocycles. The lowest BCUT2D eigenvalue weighted by molar-refractivity contribution is -0.149. The third kappa shape index (κ3) is 4.89. The zero-order chi connectivity index (χ0) is 26.0. The fourth-order valence-electron chi connectivity index (χ4n) is 4.90. The number of nitrogens with one attached hydrogen (secondary N) is 2. The number of benzene rings is 2. The fraction of sp³-hybridized carbons (Fsp3) is 0.345. The minimum absolute atomic E-state index is 0.125. The van der Waals surface area contributed by atoms with Gasteiger partial charge in [0.05, 0.1) is 31.0 Å². The fourth-order valence-corrected chi connectivity index (χ4v) is 4.90. The van der Waals surface area contributed by atoms with Crippen LogP contribution in [-0.2, 0) is 14.3 Å². The number of aromatic nitrogens is 1. The largest absolute Gasteiger partial charge is 0.497 e. The Bertz CT molecular complexity index is 1330. The number of amides is 1. The highest BCUT2D eigenvalue weighted by atomic mass is 16.5. The molecule has 1 aliphatic carbocycles. The van der Waals surface area contributed by atoms with Crippen LogP contribution < -0.4 is 20.1 Å². The van der Waals surface area contributed by atoms with Crippen molar-refractivity contribution in [2.75, 3.05) is 20.3 Å². The van der Waals surface area contributed by atoms with E-state index in [2.05, 4.69) is 17.2 Å². The van der Waals surface area contributed by atoms with Crippen molar-refractivity contribution in [3.8, 4) is 22.8 Å². The molecule has 3 aromatic rings. The van der Waals surface area contributed by atoms with E-state index in [1.165, 1.54) is 0 Å². The lowest BCUT2D eigenvalue weighted by Crippen LogP contribution is -2.51. The summed E-state index contributed by atoms with van der Waals surface area (Å²) in [7, 11) is 1.62. The molecular formula is C29H31N3O5. The number of hydrogen-bond donors (Lipinski definition) is 2. The van der Waals surface area contributed by atoms with Crippen LogP contribution in [0, 0.1) is 5.92 Å². The quantitative estimate of drug-likeness (QED) is 0.341. The first-order valence-corrected chi connectivity index (χ1v) is 12.5. The highest BCUT2D eigenvalue weighted by Crippen LogP contribution is 2.45. The molecule has 37 heavy (non-hydrogen) atoms. The third-order valence-corrected chi connectivity index (χ3v) is 7.03. The van der Waals surface area contributed by atoms with Crippen molar-refractivity contribution in [2.24, 2.45) is 5.92 Å². The van der Waals surface area contributed by atoms with E-state index >= 15 is 0 Å².